The molecule has 0 saturated carbocycles. The first-order valence-electron chi connectivity index (χ1n) is 10.6. The average Bonchev–Trinajstić information content (AvgIpc) is 2.77. The highest BCUT2D eigenvalue weighted by molar-refractivity contribution is 6.05. The molecule has 0 aliphatic carbocycles. The van der Waals surface area contributed by atoms with Gasteiger partial charge in [0.15, 0.2) is 5.96 Å². The number of halogens is 3. The summed E-state index contributed by atoms with van der Waals surface area (Å²) in [4.78, 5) is 39.5. The molecule has 0 saturated heterocycles. The van der Waals surface area contributed by atoms with Gasteiger partial charge in [0, 0.05) is 17.7 Å². The van der Waals surface area contributed by atoms with Crippen LogP contribution in [-0.4, -0.2) is 41.7 Å². The number of carboxylic acid groups (broad SMARTS) is 1. The van der Waals surface area contributed by atoms with E-state index in [1.54, 1.807) is 0 Å². The molecule has 0 bridgehead atoms. The molecule has 7 N–H and O–H groups in total. The Morgan fingerprint density at radius 2 is 1.72 bits per heavy atom. The Labute approximate surface area is 204 Å². The number of guanidine groups is 1. The first-order chi connectivity index (χ1) is 16.7. The average molecular weight is 509 g/mol. The molecule has 194 valence electrons. The number of nitrogens with zero attached hydrogens (tertiary/aromatic N) is 1. The molecular weight excluding hydrogens is 483 g/mol. The summed E-state index contributed by atoms with van der Waals surface area (Å²) in [5.41, 5.74) is 9.53. The summed E-state index contributed by atoms with van der Waals surface area (Å²) in [6.45, 7) is 3.79. The van der Waals surface area contributed by atoms with E-state index in [1.165, 1.54) is 24.3 Å². The summed E-state index contributed by atoms with van der Waals surface area (Å²) in [6.07, 6.45) is -5.67. The van der Waals surface area contributed by atoms with Crippen molar-refractivity contribution in [2.24, 2.45) is 22.4 Å². The number of hydrogen-bond acceptors (Lipinski definition) is 5. The lowest BCUT2D eigenvalue weighted by Crippen LogP contribution is -2.42. The number of benzene rings is 2. The smallest absolute Gasteiger partial charge is 0.416 e. The number of alkyl carbamates (subject to hydrolysis) is 1. The Hall–Kier alpha value is -4.29. The topological polar surface area (TPSA) is 169 Å². The largest absolute Gasteiger partial charge is 0.480 e. The fraction of sp³-hybridized carbons (Fsp3) is 0.304. The number of nitrogens with two attached hydrogens (primary N) is 2. The summed E-state index contributed by atoms with van der Waals surface area (Å²) in [5.74, 6) is -2.51. The zero-order valence-corrected chi connectivity index (χ0v) is 19.4. The third-order valence-electron chi connectivity index (χ3n) is 4.56. The number of anilines is 1. The zero-order chi connectivity index (χ0) is 27.0. The second kappa shape index (κ2) is 11.9. The van der Waals surface area contributed by atoms with Crippen molar-refractivity contribution in [1.29, 1.82) is 0 Å². The highest BCUT2D eigenvalue weighted by Gasteiger charge is 2.32. The van der Waals surface area contributed by atoms with Crippen LogP contribution >= 0.6 is 0 Å². The van der Waals surface area contributed by atoms with Crippen molar-refractivity contribution in [3.8, 4) is 0 Å². The molecule has 2 aromatic carbocycles. The molecule has 0 spiro atoms. The van der Waals surface area contributed by atoms with Crippen LogP contribution in [0.2, 0.25) is 0 Å². The van der Waals surface area contributed by atoms with Crippen molar-refractivity contribution in [2.45, 2.75) is 32.5 Å². The normalized spacial score (nSPS) is 11.9. The number of aliphatic imine (C=N–C) groups is 1. The molecule has 1 atom stereocenters. The number of rotatable bonds is 9. The van der Waals surface area contributed by atoms with Gasteiger partial charge in [0.1, 0.15) is 6.04 Å². The van der Waals surface area contributed by atoms with Crippen LogP contribution in [0.4, 0.5) is 29.3 Å². The predicted octanol–water partition coefficient (Wildman–Crippen LogP) is 3.24. The van der Waals surface area contributed by atoms with E-state index < -0.39 is 41.7 Å². The second-order valence-electron chi connectivity index (χ2n) is 8.19. The van der Waals surface area contributed by atoms with E-state index in [0.717, 1.165) is 6.07 Å². The molecule has 0 heterocycles. The third-order valence-corrected chi connectivity index (χ3v) is 4.56. The first-order valence-corrected chi connectivity index (χ1v) is 10.6. The number of aliphatic carboxylic acids is 1. The van der Waals surface area contributed by atoms with E-state index >= 15 is 0 Å². The minimum atomic E-state index is -4.73. The molecule has 0 fully saturated rings. The SMILES string of the molecule is CC(C)COC(=O)NC(Cc1ccc(NC(=O)c2cc(N=C(N)N)cc(C(F)(F)F)c2)cc1)C(=O)O. The molecule has 2 rings (SSSR count). The number of carbonyl (C=O) groups excluding carboxylic acids is 2. The van der Waals surface area contributed by atoms with Crippen LogP contribution in [-0.2, 0) is 22.1 Å². The third kappa shape index (κ3) is 8.81. The van der Waals surface area contributed by atoms with Crippen molar-refractivity contribution in [3.63, 3.8) is 0 Å². The lowest BCUT2D eigenvalue weighted by molar-refractivity contribution is -0.139. The quantitative estimate of drug-likeness (QED) is 0.255. The number of carboxylic acids is 1. The van der Waals surface area contributed by atoms with Crippen LogP contribution in [0.5, 0.6) is 0 Å². The fourth-order valence-corrected chi connectivity index (χ4v) is 2.91. The molecule has 0 aliphatic rings. The van der Waals surface area contributed by atoms with Crippen molar-refractivity contribution >= 4 is 35.3 Å². The van der Waals surface area contributed by atoms with Crippen LogP contribution < -0.4 is 22.1 Å². The Balaban J connectivity index is 2.13. The number of amides is 2. The molecular formula is C23H26F3N5O5. The maximum atomic E-state index is 13.2. The molecule has 0 radical (unpaired) electrons. The molecule has 10 nitrogen and oxygen atoms in total. The van der Waals surface area contributed by atoms with Crippen LogP contribution in [0.3, 0.4) is 0 Å². The van der Waals surface area contributed by atoms with Crippen molar-refractivity contribution in [1.82, 2.24) is 5.32 Å². The minimum absolute atomic E-state index is 0.0736. The lowest BCUT2D eigenvalue weighted by atomic mass is 10.1. The van der Waals surface area contributed by atoms with E-state index in [0.29, 0.717) is 17.7 Å². The summed E-state index contributed by atoms with van der Waals surface area (Å²) < 4.78 is 44.6. The van der Waals surface area contributed by atoms with Gasteiger partial charge in [0.25, 0.3) is 5.91 Å². The summed E-state index contributed by atoms with van der Waals surface area (Å²) in [5, 5.41) is 14.1. The van der Waals surface area contributed by atoms with Gasteiger partial charge in [-0.1, -0.05) is 26.0 Å². The van der Waals surface area contributed by atoms with E-state index in [9.17, 15) is 32.7 Å². The van der Waals surface area contributed by atoms with E-state index in [4.69, 9.17) is 16.2 Å². The van der Waals surface area contributed by atoms with Crippen LogP contribution in [0.15, 0.2) is 47.5 Å². The number of alkyl halides is 3. The number of hydrogen-bond donors (Lipinski definition) is 5. The molecule has 36 heavy (non-hydrogen) atoms. The van der Waals surface area contributed by atoms with Gasteiger partial charge in [-0.25, -0.2) is 14.6 Å². The summed E-state index contributed by atoms with van der Waals surface area (Å²) >= 11 is 0. The maximum absolute atomic E-state index is 13.2. The summed E-state index contributed by atoms with van der Waals surface area (Å²) in [6, 6.07) is 7.09. The molecule has 2 aromatic rings. The van der Waals surface area contributed by atoms with E-state index in [1.807, 2.05) is 13.8 Å². The van der Waals surface area contributed by atoms with Gasteiger partial charge in [0.2, 0.25) is 0 Å². The number of carbonyl (C=O) groups is 3. The van der Waals surface area contributed by atoms with Crippen molar-refractivity contribution in [3.05, 3.63) is 59.2 Å². The maximum Gasteiger partial charge on any atom is 0.416 e. The Kier molecular flexibility index (Phi) is 9.25. The Morgan fingerprint density at radius 3 is 2.25 bits per heavy atom. The number of nitrogens with one attached hydrogen (secondary N) is 2. The van der Waals surface area contributed by atoms with Crippen molar-refractivity contribution in [2.75, 3.05) is 11.9 Å². The second-order valence-corrected chi connectivity index (χ2v) is 8.19. The van der Waals surface area contributed by atoms with Gasteiger partial charge in [-0.2, -0.15) is 13.2 Å². The predicted molar refractivity (Wildman–Crippen MR) is 126 cm³/mol. The fourth-order valence-electron chi connectivity index (χ4n) is 2.91. The van der Waals surface area contributed by atoms with E-state index in [2.05, 4.69) is 15.6 Å². The van der Waals surface area contributed by atoms with Crippen molar-refractivity contribution < 1.29 is 37.4 Å². The van der Waals surface area contributed by atoms with Crippen LogP contribution in [0, 0.1) is 5.92 Å². The number of ether oxygens (including phenoxy) is 1. The molecule has 2 amide bonds. The Morgan fingerprint density at radius 1 is 1.08 bits per heavy atom. The van der Waals surface area contributed by atoms with Gasteiger partial charge < -0.3 is 31.9 Å². The minimum Gasteiger partial charge on any atom is -0.480 e. The van der Waals surface area contributed by atoms with Crippen LogP contribution in [0.25, 0.3) is 0 Å². The van der Waals surface area contributed by atoms with Gasteiger partial charge in [-0.15, -0.1) is 0 Å². The van der Waals surface area contributed by atoms with Gasteiger partial charge >= 0.3 is 18.2 Å². The van der Waals surface area contributed by atoms with Crippen LogP contribution in [0.1, 0.15) is 35.3 Å². The molecule has 1 unspecified atom stereocenters. The van der Waals surface area contributed by atoms with Gasteiger partial charge in [-0.05, 0) is 41.8 Å². The highest BCUT2D eigenvalue weighted by Crippen LogP contribution is 2.33. The molecule has 0 aromatic heterocycles. The molecule has 0 aliphatic heterocycles. The van der Waals surface area contributed by atoms with Gasteiger partial charge in [0.05, 0.1) is 17.9 Å². The zero-order valence-electron chi connectivity index (χ0n) is 19.4. The first kappa shape index (κ1) is 28.0. The highest BCUT2D eigenvalue weighted by atomic mass is 19.4. The lowest BCUT2D eigenvalue weighted by Gasteiger charge is -2.16. The molecule has 13 heteroatoms. The van der Waals surface area contributed by atoms with E-state index in [-0.39, 0.29) is 35.9 Å². The standard InChI is InChI=1S/C23H26F3N5O5/c1-12(2)11-36-22(35)31-18(20(33)34)7-13-3-5-16(6-4-13)29-19(32)14-8-15(23(24,25)26)10-17(9-14)30-21(27)28/h3-6,8-10,12,18H,7,11H2,1-2H3,(H,29,32)(H,31,35)(H,33,34)(H4,27,28,30). The Bertz CT molecular complexity index is 1130. The monoisotopic (exact) mass is 509 g/mol. The van der Waals surface area contributed by atoms with Gasteiger partial charge in [-0.3, -0.25) is 4.79 Å². The summed E-state index contributed by atoms with van der Waals surface area (Å²) in [7, 11) is 0.